The van der Waals surface area contributed by atoms with Crippen LogP contribution in [-0.2, 0) is 4.79 Å². The number of amides is 1. The van der Waals surface area contributed by atoms with E-state index in [1.807, 2.05) is 0 Å². The summed E-state index contributed by atoms with van der Waals surface area (Å²) < 4.78 is 18.6. The number of primary amides is 1. The molecule has 4 N–H and O–H groups in total. The maximum Gasteiger partial charge on any atom is 0.223 e. The van der Waals surface area contributed by atoms with Crippen LogP contribution in [0.25, 0.3) is 0 Å². The van der Waals surface area contributed by atoms with Crippen molar-refractivity contribution in [3.63, 3.8) is 0 Å². The first-order chi connectivity index (χ1) is 7.91. The Balaban J connectivity index is 2.73. The van der Waals surface area contributed by atoms with Gasteiger partial charge in [-0.05, 0) is 18.2 Å². The van der Waals surface area contributed by atoms with Crippen molar-refractivity contribution >= 4 is 23.1 Å². The van der Waals surface area contributed by atoms with Gasteiger partial charge in [-0.1, -0.05) is 19.1 Å². The third-order valence-electron chi connectivity index (χ3n) is 2.19. The molecule has 1 aromatic carbocycles. The zero-order valence-electron chi connectivity index (χ0n) is 9.27. The summed E-state index contributed by atoms with van der Waals surface area (Å²) in [5.41, 5.74) is 10.8. The van der Waals surface area contributed by atoms with Gasteiger partial charge >= 0.3 is 0 Å². The van der Waals surface area contributed by atoms with Crippen LogP contribution in [0.2, 0.25) is 0 Å². The van der Waals surface area contributed by atoms with Crippen LogP contribution < -0.4 is 16.2 Å². The number of carbonyl (C=O) groups excluding carboxylic acids is 1. The van der Waals surface area contributed by atoms with E-state index in [1.54, 1.807) is 13.0 Å². The lowest BCUT2D eigenvalue weighted by atomic mass is 10.2. The quantitative estimate of drug-likeness (QED) is 0.769. The van der Waals surface area contributed by atoms with Crippen molar-refractivity contribution in [3.05, 3.63) is 29.6 Å². The Morgan fingerprint density at radius 2 is 2.18 bits per heavy atom. The highest BCUT2D eigenvalue weighted by atomic mass is 32.1. The van der Waals surface area contributed by atoms with Crippen molar-refractivity contribution in [1.29, 1.82) is 0 Å². The van der Waals surface area contributed by atoms with Crippen molar-refractivity contribution in [2.45, 2.75) is 6.92 Å². The van der Waals surface area contributed by atoms with E-state index < -0.39 is 17.6 Å². The first kappa shape index (κ1) is 13.4. The van der Waals surface area contributed by atoms with E-state index in [0.717, 1.165) is 0 Å². The average molecular weight is 256 g/mol. The Kier molecular flexibility index (Phi) is 4.39. The number of nitrogens with two attached hydrogens (primary N) is 2. The molecule has 92 valence electrons. The van der Waals surface area contributed by atoms with Gasteiger partial charge in [-0.3, -0.25) is 4.79 Å². The molecule has 1 atom stereocenters. The summed E-state index contributed by atoms with van der Waals surface area (Å²) in [6.07, 6.45) is 0. The van der Waals surface area contributed by atoms with Gasteiger partial charge in [-0.2, -0.15) is 0 Å². The summed E-state index contributed by atoms with van der Waals surface area (Å²) in [6, 6.07) is 4.15. The van der Waals surface area contributed by atoms with Crippen LogP contribution in [0.3, 0.4) is 0 Å². The standard InChI is InChI=1S/C11H13FN2O2S/c1-6(10(13)15)5-16-9-3-2-7(11(14)17)4-8(9)12/h2-4,6H,5H2,1H3,(H2,13,15)(H2,14,17). The third kappa shape index (κ3) is 3.67. The van der Waals surface area contributed by atoms with E-state index in [4.69, 9.17) is 28.4 Å². The zero-order chi connectivity index (χ0) is 13.0. The minimum absolute atomic E-state index is 0.0265. The molecule has 0 saturated carbocycles. The van der Waals surface area contributed by atoms with Crippen LogP contribution in [0.5, 0.6) is 5.75 Å². The predicted molar refractivity (Wildman–Crippen MR) is 66.1 cm³/mol. The minimum Gasteiger partial charge on any atom is -0.490 e. The Morgan fingerprint density at radius 1 is 1.53 bits per heavy atom. The second kappa shape index (κ2) is 5.58. The van der Waals surface area contributed by atoms with Crippen molar-refractivity contribution in [3.8, 4) is 5.75 Å². The fourth-order valence-corrected chi connectivity index (χ4v) is 1.20. The van der Waals surface area contributed by atoms with Gasteiger partial charge in [-0.15, -0.1) is 0 Å². The first-order valence-electron chi connectivity index (χ1n) is 4.93. The number of benzene rings is 1. The van der Waals surface area contributed by atoms with Crippen LogP contribution in [0, 0.1) is 11.7 Å². The highest BCUT2D eigenvalue weighted by Gasteiger charge is 2.12. The molecule has 0 aliphatic carbocycles. The molecule has 1 rings (SSSR count). The summed E-state index contributed by atoms with van der Waals surface area (Å²) in [5.74, 6) is -1.51. The van der Waals surface area contributed by atoms with Crippen LogP contribution in [0.4, 0.5) is 4.39 Å². The van der Waals surface area contributed by atoms with Crippen LogP contribution in [0.1, 0.15) is 12.5 Å². The number of ether oxygens (including phenoxy) is 1. The van der Waals surface area contributed by atoms with E-state index in [1.165, 1.54) is 12.1 Å². The van der Waals surface area contributed by atoms with Crippen molar-refractivity contribution in [2.24, 2.45) is 17.4 Å². The fraction of sp³-hybridized carbons (Fsp3) is 0.273. The van der Waals surface area contributed by atoms with E-state index in [-0.39, 0.29) is 17.3 Å². The molecule has 0 saturated heterocycles. The number of rotatable bonds is 5. The summed E-state index contributed by atoms with van der Waals surface area (Å²) in [6.45, 7) is 1.63. The van der Waals surface area contributed by atoms with Crippen LogP contribution in [0.15, 0.2) is 18.2 Å². The van der Waals surface area contributed by atoms with Gasteiger partial charge < -0.3 is 16.2 Å². The SMILES string of the molecule is CC(COc1ccc(C(N)=S)cc1F)C(N)=O. The highest BCUT2D eigenvalue weighted by Crippen LogP contribution is 2.19. The van der Waals surface area contributed by atoms with Crippen LogP contribution in [-0.4, -0.2) is 17.5 Å². The summed E-state index contributed by atoms with van der Waals surface area (Å²) in [4.78, 5) is 10.9. The Bertz CT molecular complexity index is 451. The van der Waals surface area contributed by atoms with Gasteiger partial charge in [0.25, 0.3) is 0 Å². The van der Waals surface area contributed by atoms with Gasteiger partial charge in [0.2, 0.25) is 5.91 Å². The molecule has 0 aromatic heterocycles. The summed E-state index contributed by atoms with van der Waals surface area (Å²) in [5, 5.41) is 0. The normalized spacial score (nSPS) is 11.9. The van der Waals surface area contributed by atoms with Gasteiger partial charge in [0.05, 0.1) is 12.5 Å². The van der Waals surface area contributed by atoms with Crippen molar-refractivity contribution in [2.75, 3.05) is 6.61 Å². The number of hydrogen-bond acceptors (Lipinski definition) is 3. The maximum atomic E-state index is 13.5. The summed E-state index contributed by atoms with van der Waals surface area (Å²) >= 11 is 4.71. The van der Waals surface area contributed by atoms with E-state index in [9.17, 15) is 9.18 Å². The topological polar surface area (TPSA) is 78.3 Å². The molecular formula is C11H13FN2O2S. The second-order valence-electron chi connectivity index (χ2n) is 3.62. The molecule has 4 nitrogen and oxygen atoms in total. The van der Waals surface area contributed by atoms with E-state index in [0.29, 0.717) is 5.56 Å². The number of thiocarbonyl (C=S) groups is 1. The Labute approximate surface area is 104 Å². The molecule has 0 spiro atoms. The average Bonchev–Trinajstić information content (AvgIpc) is 2.26. The molecule has 6 heteroatoms. The summed E-state index contributed by atoms with van der Waals surface area (Å²) in [7, 11) is 0. The monoisotopic (exact) mass is 256 g/mol. The smallest absolute Gasteiger partial charge is 0.223 e. The molecule has 1 unspecified atom stereocenters. The third-order valence-corrected chi connectivity index (χ3v) is 2.43. The molecule has 0 heterocycles. The molecule has 17 heavy (non-hydrogen) atoms. The van der Waals surface area contributed by atoms with Gasteiger partial charge in [0.1, 0.15) is 4.99 Å². The fourth-order valence-electron chi connectivity index (χ4n) is 1.07. The van der Waals surface area contributed by atoms with Crippen molar-refractivity contribution < 1.29 is 13.9 Å². The lowest BCUT2D eigenvalue weighted by molar-refractivity contribution is -0.122. The lowest BCUT2D eigenvalue weighted by Crippen LogP contribution is -2.26. The molecule has 0 radical (unpaired) electrons. The Morgan fingerprint density at radius 3 is 2.65 bits per heavy atom. The number of carbonyl (C=O) groups is 1. The van der Waals surface area contributed by atoms with Crippen LogP contribution >= 0.6 is 12.2 Å². The first-order valence-corrected chi connectivity index (χ1v) is 5.34. The minimum atomic E-state index is -0.577. The molecule has 0 aliphatic rings. The molecule has 1 aromatic rings. The molecular weight excluding hydrogens is 243 g/mol. The largest absolute Gasteiger partial charge is 0.490 e. The predicted octanol–water partition coefficient (Wildman–Crippen LogP) is 0.960. The second-order valence-corrected chi connectivity index (χ2v) is 4.06. The molecule has 0 fully saturated rings. The van der Waals surface area contributed by atoms with Crippen molar-refractivity contribution in [1.82, 2.24) is 0 Å². The molecule has 1 amide bonds. The highest BCUT2D eigenvalue weighted by molar-refractivity contribution is 7.80. The molecule has 0 aliphatic heterocycles. The van der Waals surface area contributed by atoms with Gasteiger partial charge in [0, 0.05) is 5.56 Å². The Hall–Kier alpha value is -1.69. The van der Waals surface area contributed by atoms with Gasteiger partial charge in [0.15, 0.2) is 11.6 Å². The van der Waals surface area contributed by atoms with Gasteiger partial charge in [-0.25, -0.2) is 4.39 Å². The van der Waals surface area contributed by atoms with E-state index in [2.05, 4.69) is 0 Å². The lowest BCUT2D eigenvalue weighted by Gasteiger charge is -2.11. The number of hydrogen-bond donors (Lipinski definition) is 2. The van der Waals surface area contributed by atoms with E-state index >= 15 is 0 Å². The number of halogens is 1. The molecule has 0 bridgehead atoms. The maximum absolute atomic E-state index is 13.5. The zero-order valence-corrected chi connectivity index (χ0v) is 10.1.